The molecule has 104 valence electrons. The third-order valence-electron chi connectivity index (χ3n) is 3.99. The maximum Gasteiger partial charge on any atom is 0.253 e. The first kappa shape index (κ1) is 14.2. The van der Waals surface area contributed by atoms with Crippen LogP contribution in [0, 0.1) is 5.92 Å². The van der Waals surface area contributed by atoms with Gasteiger partial charge >= 0.3 is 0 Å². The van der Waals surface area contributed by atoms with Crippen molar-refractivity contribution in [3.8, 4) is 0 Å². The summed E-state index contributed by atoms with van der Waals surface area (Å²) in [5.74, 6) is 0.710. The number of carbonyl (C=O) groups excluding carboxylic acids is 1. The van der Waals surface area contributed by atoms with E-state index in [-0.39, 0.29) is 11.9 Å². The van der Waals surface area contributed by atoms with E-state index in [0.29, 0.717) is 16.3 Å². The van der Waals surface area contributed by atoms with Crippen LogP contribution in [0.5, 0.6) is 0 Å². The Hall–Kier alpha value is -1.22. The summed E-state index contributed by atoms with van der Waals surface area (Å²) in [5.41, 5.74) is 6.73. The highest BCUT2D eigenvalue weighted by molar-refractivity contribution is 6.34. The van der Waals surface area contributed by atoms with Crippen molar-refractivity contribution in [2.45, 2.75) is 45.1 Å². The molecule has 3 N–H and O–H groups in total. The highest BCUT2D eigenvalue weighted by atomic mass is 35.5. The predicted octanol–water partition coefficient (Wildman–Crippen LogP) is 3.62. The van der Waals surface area contributed by atoms with Gasteiger partial charge in [-0.1, -0.05) is 24.9 Å². The summed E-state index contributed by atoms with van der Waals surface area (Å²) in [6.07, 6.45) is 5.76. The molecule has 0 atom stereocenters. The van der Waals surface area contributed by atoms with E-state index in [9.17, 15) is 4.79 Å². The number of benzene rings is 1. The molecule has 1 saturated carbocycles. The molecule has 0 heterocycles. The van der Waals surface area contributed by atoms with Gasteiger partial charge in [0.25, 0.3) is 5.91 Å². The molecule has 0 aliphatic heterocycles. The molecular weight excluding hydrogens is 260 g/mol. The minimum atomic E-state index is -0.114. The lowest BCUT2D eigenvalue weighted by molar-refractivity contribution is 0.0922. The van der Waals surface area contributed by atoms with E-state index in [0.717, 1.165) is 18.8 Å². The van der Waals surface area contributed by atoms with Gasteiger partial charge in [0, 0.05) is 11.7 Å². The molecule has 19 heavy (non-hydrogen) atoms. The van der Waals surface area contributed by atoms with Gasteiger partial charge in [0.05, 0.1) is 10.6 Å². The van der Waals surface area contributed by atoms with E-state index in [1.54, 1.807) is 18.2 Å². The molecule has 1 amide bonds. The maximum atomic E-state index is 12.2. The minimum Gasteiger partial charge on any atom is -0.399 e. The standard InChI is InChI=1S/C15H21ClN2O/c1-2-10-3-6-12(7-4-10)18-15(19)13-9-11(17)5-8-14(13)16/h5,8-10,12H,2-4,6-7,17H2,1H3,(H,18,19). The van der Waals surface area contributed by atoms with E-state index in [4.69, 9.17) is 17.3 Å². The molecule has 1 aliphatic rings. The van der Waals surface area contributed by atoms with Gasteiger partial charge < -0.3 is 11.1 Å². The molecule has 0 bridgehead atoms. The molecule has 1 aromatic rings. The number of halogens is 1. The predicted molar refractivity (Wildman–Crippen MR) is 79.4 cm³/mol. The summed E-state index contributed by atoms with van der Waals surface area (Å²) in [6, 6.07) is 5.27. The number of nitrogen functional groups attached to an aromatic ring is 1. The van der Waals surface area contributed by atoms with Crippen molar-refractivity contribution in [1.29, 1.82) is 0 Å². The van der Waals surface area contributed by atoms with Crippen molar-refractivity contribution in [2.75, 3.05) is 5.73 Å². The largest absolute Gasteiger partial charge is 0.399 e. The highest BCUT2D eigenvalue weighted by Crippen LogP contribution is 2.27. The van der Waals surface area contributed by atoms with Crippen molar-refractivity contribution in [3.63, 3.8) is 0 Å². The van der Waals surface area contributed by atoms with E-state index >= 15 is 0 Å². The van der Waals surface area contributed by atoms with Crippen LogP contribution in [-0.2, 0) is 0 Å². The van der Waals surface area contributed by atoms with Crippen LogP contribution in [0.1, 0.15) is 49.4 Å². The number of hydrogen-bond donors (Lipinski definition) is 2. The number of amides is 1. The van der Waals surface area contributed by atoms with E-state index < -0.39 is 0 Å². The van der Waals surface area contributed by atoms with Crippen LogP contribution in [0.3, 0.4) is 0 Å². The summed E-state index contributed by atoms with van der Waals surface area (Å²) in [6.45, 7) is 2.23. The number of hydrogen-bond acceptors (Lipinski definition) is 2. The smallest absolute Gasteiger partial charge is 0.253 e. The zero-order valence-corrected chi connectivity index (χ0v) is 12.0. The van der Waals surface area contributed by atoms with E-state index in [2.05, 4.69) is 12.2 Å². The normalized spacial score (nSPS) is 23.1. The van der Waals surface area contributed by atoms with Gasteiger partial charge in [-0.05, 0) is 49.8 Å². The number of carbonyl (C=O) groups is 1. The lowest BCUT2D eigenvalue weighted by Crippen LogP contribution is -2.37. The number of anilines is 1. The number of rotatable bonds is 3. The van der Waals surface area contributed by atoms with E-state index in [1.165, 1.54) is 19.3 Å². The zero-order valence-electron chi connectivity index (χ0n) is 11.3. The Morgan fingerprint density at radius 3 is 2.68 bits per heavy atom. The molecule has 3 nitrogen and oxygen atoms in total. The Bertz CT molecular complexity index is 453. The van der Waals surface area contributed by atoms with Crippen LogP contribution in [0.25, 0.3) is 0 Å². The van der Waals surface area contributed by atoms with Crippen LogP contribution in [-0.4, -0.2) is 11.9 Å². The fraction of sp³-hybridized carbons (Fsp3) is 0.533. The fourth-order valence-corrected chi connectivity index (χ4v) is 2.90. The molecule has 0 radical (unpaired) electrons. The second kappa shape index (κ2) is 6.29. The van der Waals surface area contributed by atoms with Gasteiger partial charge in [-0.3, -0.25) is 4.79 Å². The van der Waals surface area contributed by atoms with Crippen molar-refractivity contribution >= 4 is 23.2 Å². The van der Waals surface area contributed by atoms with Crippen molar-refractivity contribution in [1.82, 2.24) is 5.32 Å². The third-order valence-corrected chi connectivity index (χ3v) is 4.32. The summed E-state index contributed by atoms with van der Waals surface area (Å²) in [5, 5.41) is 3.52. The number of nitrogens with one attached hydrogen (secondary N) is 1. The molecule has 4 heteroatoms. The molecule has 0 unspecified atom stereocenters. The van der Waals surface area contributed by atoms with Gasteiger partial charge in [0.2, 0.25) is 0 Å². The molecule has 0 aromatic heterocycles. The maximum absolute atomic E-state index is 12.2. The average molecular weight is 281 g/mol. The van der Waals surface area contributed by atoms with Crippen LogP contribution in [0.4, 0.5) is 5.69 Å². The molecule has 0 spiro atoms. The van der Waals surface area contributed by atoms with Gasteiger partial charge in [0.15, 0.2) is 0 Å². The zero-order chi connectivity index (χ0) is 13.8. The topological polar surface area (TPSA) is 55.1 Å². The van der Waals surface area contributed by atoms with Crippen LogP contribution in [0.15, 0.2) is 18.2 Å². The van der Waals surface area contributed by atoms with Crippen molar-refractivity contribution in [3.05, 3.63) is 28.8 Å². The molecule has 1 aliphatic carbocycles. The van der Waals surface area contributed by atoms with Gasteiger partial charge in [-0.2, -0.15) is 0 Å². The molecule has 0 saturated heterocycles. The second-order valence-corrected chi connectivity index (χ2v) is 5.75. The summed E-state index contributed by atoms with van der Waals surface area (Å²) < 4.78 is 0. The SMILES string of the molecule is CCC1CCC(NC(=O)c2cc(N)ccc2Cl)CC1. The Kier molecular flexibility index (Phi) is 4.70. The van der Waals surface area contributed by atoms with E-state index in [1.807, 2.05) is 0 Å². The quantitative estimate of drug-likeness (QED) is 0.831. The number of nitrogens with two attached hydrogens (primary N) is 1. The molecular formula is C15H21ClN2O. The van der Waals surface area contributed by atoms with Crippen molar-refractivity contribution < 1.29 is 4.79 Å². The fourth-order valence-electron chi connectivity index (χ4n) is 2.70. The third kappa shape index (κ3) is 3.63. The molecule has 1 fully saturated rings. The first-order valence-corrected chi connectivity index (χ1v) is 7.33. The minimum absolute atomic E-state index is 0.114. The second-order valence-electron chi connectivity index (χ2n) is 5.34. The van der Waals surface area contributed by atoms with Crippen molar-refractivity contribution in [2.24, 2.45) is 5.92 Å². The van der Waals surface area contributed by atoms with Crippen LogP contribution < -0.4 is 11.1 Å². The Balaban J connectivity index is 1.96. The first-order chi connectivity index (χ1) is 9.10. The van der Waals surface area contributed by atoms with Crippen LogP contribution >= 0.6 is 11.6 Å². The van der Waals surface area contributed by atoms with Gasteiger partial charge in [0.1, 0.15) is 0 Å². The lowest BCUT2D eigenvalue weighted by atomic mass is 9.84. The summed E-state index contributed by atoms with van der Waals surface area (Å²) in [4.78, 5) is 12.2. The summed E-state index contributed by atoms with van der Waals surface area (Å²) in [7, 11) is 0. The Labute approximate surface area is 119 Å². The van der Waals surface area contributed by atoms with Crippen LogP contribution in [0.2, 0.25) is 5.02 Å². The molecule has 2 rings (SSSR count). The lowest BCUT2D eigenvalue weighted by Gasteiger charge is -2.28. The highest BCUT2D eigenvalue weighted by Gasteiger charge is 2.22. The Morgan fingerprint density at radius 1 is 1.37 bits per heavy atom. The first-order valence-electron chi connectivity index (χ1n) is 6.96. The summed E-state index contributed by atoms with van der Waals surface area (Å²) >= 11 is 6.04. The monoisotopic (exact) mass is 280 g/mol. The Morgan fingerprint density at radius 2 is 2.05 bits per heavy atom. The van der Waals surface area contributed by atoms with Gasteiger partial charge in [-0.15, -0.1) is 0 Å². The molecule has 1 aromatic carbocycles. The average Bonchev–Trinajstić information content (AvgIpc) is 2.42. The van der Waals surface area contributed by atoms with Gasteiger partial charge in [-0.25, -0.2) is 0 Å².